The second-order valence-corrected chi connectivity index (χ2v) is 9.55. The van der Waals surface area contributed by atoms with Crippen LogP contribution in [0.25, 0.3) is 0 Å². The van der Waals surface area contributed by atoms with Gasteiger partial charge >= 0.3 is 132 Å². The molecule has 0 bridgehead atoms. The molecule has 0 saturated heterocycles. The van der Waals surface area contributed by atoms with Crippen LogP contribution in [0.1, 0.15) is 0 Å². The Morgan fingerprint density at radius 1 is 1.09 bits per heavy atom. The van der Waals surface area contributed by atoms with Crippen LogP contribution in [-0.2, 0) is 3.74 Å². The molecule has 2 N–H and O–H groups in total. The minimum atomic E-state index is -4.43. The minimum absolute atomic E-state index is 0.0367. The van der Waals surface area contributed by atoms with Crippen LogP contribution in [0.15, 0.2) is 54.6 Å². The van der Waals surface area contributed by atoms with Gasteiger partial charge in [-0.1, -0.05) is 0 Å². The maximum atomic E-state index is 12.5. The third-order valence-electron chi connectivity index (χ3n) is 3.11. The summed E-state index contributed by atoms with van der Waals surface area (Å²) in [6, 6.07) is 15.6. The second-order valence-electron chi connectivity index (χ2n) is 4.83. The Labute approximate surface area is 132 Å². The Morgan fingerprint density at radius 3 is 2.41 bits per heavy atom. The van der Waals surface area contributed by atoms with Crippen molar-refractivity contribution in [1.82, 2.24) is 0 Å². The quantitative estimate of drug-likeness (QED) is 0.721. The van der Waals surface area contributed by atoms with Gasteiger partial charge in [-0.15, -0.1) is 0 Å². The molecule has 2 unspecified atom stereocenters. The first-order chi connectivity index (χ1) is 10.5. The monoisotopic (exact) mass is 366 g/mol. The molecule has 2 aromatic carbocycles. The van der Waals surface area contributed by atoms with Gasteiger partial charge in [-0.05, 0) is 0 Å². The number of aliphatic hydroxyl groups is 1. The number of aliphatic hydroxyl groups excluding tert-OH is 1. The molecule has 2 aromatic rings. The van der Waals surface area contributed by atoms with Crippen LogP contribution < -0.4 is 13.8 Å². The SMILES string of the molecule is COc1ccccc1[As](=O)(O)CC(O)COc1ccccc1. The predicted octanol–water partition coefficient (Wildman–Crippen LogP) is 1.21. The summed E-state index contributed by atoms with van der Waals surface area (Å²) >= 11 is -4.43. The number of hydrogen-bond donors (Lipinski definition) is 2. The first kappa shape index (κ1) is 16.7. The molecule has 5 nitrogen and oxygen atoms in total. The Balaban J connectivity index is 2.00. The van der Waals surface area contributed by atoms with Crippen LogP contribution in [0.2, 0.25) is 5.21 Å². The van der Waals surface area contributed by atoms with Gasteiger partial charge in [0, 0.05) is 0 Å². The molecule has 0 aliphatic carbocycles. The first-order valence-corrected chi connectivity index (χ1v) is 10.7. The van der Waals surface area contributed by atoms with E-state index in [-0.39, 0.29) is 16.2 Å². The summed E-state index contributed by atoms with van der Waals surface area (Å²) in [6.45, 7) is -0.0367. The molecule has 118 valence electrons. The summed E-state index contributed by atoms with van der Waals surface area (Å²) in [7, 11) is 1.45. The van der Waals surface area contributed by atoms with Crippen LogP contribution >= 0.6 is 0 Å². The van der Waals surface area contributed by atoms with Crippen molar-refractivity contribution < 1.29 is 22.4 Å². The van der Waals surface area contributed by atoms with E-state index in [0.717, 1.165) is 0 Å². The van der Waals surface area contributed by atoms with E-state index in [4.69, 9.17) is 9.47 Å². The van der Waals surface area contributed by atoms with Gasteiger partial charge in [0.25, 0.3) is 0 Å². The van der Waals surface area contributed by atoms with E-state index in [0.29, 0.717) is 11.5 Å². The summed E-state index contributed by atoms with van der Waals surface area (Å²) in [4.78, 5) is 0. The van der Waals surface area contributed by atoms with Crippen LogP contribution in [0.3, 0.4) is 0 Å². The topological polar surface area (TPSA) is 76.0 Å². The third kappa shape index (κ3) is 4.40. The molecule has 0 heterocycles. The molecule has 2 atom stereocenters. The average Bonchev–Trinajstić information content (AvgIpc) is 2.53. The Kier molecular flexibility index (Phi) is 5.72. The molecule has 2 rings (SSSR count). The van der Waals surface area contributed by atoms with E-state index in [2.05, 4.69) is 0 Å². The molecule has 0 saturated carbocycles. The number of rotatable bonds is 7. The van der Waals surface area contributed by atoms with Crippen LogP contribution in [0, 0.1) is 0 Å². The number of hydrogen-bond acceptors (Lipinski definition) is 4. The molecular weight excluding hydrogens is 347 g/mol. The summed E-state index contributed by atoms with van der Waals surface area (Å²) in [5, 5.41) is 9.76. The van der Waals surface area contributed by atoms with Gasteiger partial charge in [0.15, 0.2) is 0 Å². The normalized spacial score (nSPS) is 14.9. The Morgan fingerprint density at radius 2 is 1.73 bits per heavy atom. The molecule has 0 aliphatic rings. The van der Waals surface area contributed by atoms with E-state index >= 15 is 0 Å². The zero-order valence-electron chi connectivity index (χ0n) is 12.3. The molecular formula is C16H19AsO5. The van der Waals surface area contributed by atoms with Gasteiger partial charge in [0.05, 0.1) is 0 Å². The number of para-hydroxylation sites is 2. The van der Waals surface area contributed by atoms with Crippen molar-refractivity contribution in [3.05, 3.63) is 54.6 Å². The zero-order valence-corrected chi connectivity index (χ0v) is 14.1. The maximum absolute atomic E-state index is 12.5. The number of benzene rings is 2. The number of methoxy groups -OCH3 is 1. The van der Waals surface area contributed by atoms with Crippen molar-refractivity contribution in [1.29, 1.82) is 0 Å². The Hall–Kier alpha value is -1.68. The zero-order chi connectivity index (χ0) is 16.0. The van der Waals surface area contributed by atoms with E-state index in [1.807, 2.05) is 18.2 Å². The van der Waals surface area contributed by atoms with E-state index in [1.54, 1.807) is 36.4 Å². The third-order valence-corrected chi connectivity index (χ3v) is 7.38. The van der Waals surface area contributed by atoms with E-state index in [9.17, 15) is 12.9 Å². The van der Waals surface area contributed by atoms with Crippen molar-refractivity contribution in [2.45, 2.75) is 11.3 Å². The van der Waals surface area contributed by atoms with Crippen molar-refractivity contribution in [3.8, 4) is 11.5 Å². The van der Waals surface area contributed by atoms with Gasteiger partial charge in [0.2, 0.25) is 0 Å². The predicted molar refractivity (Wildman–Crippen MR) is 84.0 cm³/mol. The summed E-state index contributed by atoms with van der Waals surface area (Å²) < 4.78 is 33.6. The molecule has 0 radical (unpaired) electrons. The summed E-state index contributed by atoms with van der Waals surface area (Å²) in [5.74, 6) is 0.975. The molecule has 6 heteroatoms. The van der Waals surface area contributed by atoms with Crippen molar-refractivity contribution in [2.24, 2.45) is 0 Å². The molecule has 0 fully saturated rings. The van der Waals surface area contributed by atoms with E-state index in [1.165, 1.54) is 7.11 Å². The summed E-state index contributed by atoms with van der Waals surface area (Å²) in [6.07, 6.45) is -1.03. The fraction of sp³-hybridized carbons (Fsp3) is 0.250. The van der Waals surface area contributed by atoms with Crippen molar-refractivity contribution >= 4 is 18.2 Å². The van der Waals surface area contributed by atoms with Gasteiger partial charge in [-0.3, -0.25) is 0 Å². The van der Waals surface area contributed by atoms with Gasteiger partial charge < -0.3 is 0 Å². The second kappa shape index (κ2) is 7.54. The first-order valence-electron chi connectivity index (χ1n) is 6.84. The fourth-order valence-corrected chi connectivity index (χ4v) is 5.64. The molecule has 0 aliphatic heterocycles. The number of ether oxygens (including phenoxy) is 2. The molecule has 22 heavy (non-hydrogen) atoms. The van der Waals surface area contributed by atoms with Crippen LogP contribution in [0.5, 0.6) is 11.5 Å². The molecule has 0 spiro atoms. The van der Waals surface area contributed by atoms with Gasteiger partial charge in [0.1, 0.15) is 0 Å². The molecule has 0 amide bonds. The Bertz CT molecular complexity index is 644. The fourth-order valence-electron chi connectivity index (χ4n) is 2.06. The van der Waals surface area contributed by atoms with E-state index < -0.39 is 19.9 Å². The van der Waals surface area contributed by atoms with Gasteiger partial charge in [-0.25, -0.2) is 0 Å². The van der Waals surface area contributed by atoms with Crippen LogP contribution in [-0.4, -0.2) is 42.9 Å². The van der Waals surface area contributed by atoms with Crippen molar-refractivity contribution in [2.75, 3.05) is 13.7 Å². The summed E-state index contributed by atoms with van der Waals surface area (Å²) in [5.41, 5.74) is 0. The molecule has 0 aromatic heterocycles. The standard InChI is InChI=1S/C16H19AsO5/c1-21-16-10-6-5-9-15(16)17(19,20)11-13(18)12-22-14-7-3-2-4-8-14/h2-10,13,18H,11-12H2,1H3,(H,19,20). The van der Waals surface area contributed by atoms with Gasteiger partial charge in [-0.2, -0.15) is 0 Å². The average molecular weight is 366 g/mol. The van der Waals surface area contributed by atoms with Crippen molar-refractivity contribution in [3.63, 3.8) is 0 Å². The van der Waals surface area contributed by atoms with Crippen LogP contribution in [0.4, 0.5) is 0 Å².